The number of amides is 1. The molecule has 0 bridgehead atoms. The second kappa shape index (κ2) is 5.89. The lowest BCUT2D eigenvalue weighted by Crippen LogP contribution is -2.25. The number of nitrogens with one attached hydrogen (secondary N) is 2. The van der Waals surface area contributed by atoms with Crippen LogP contribution < -0.4 is 5.32 Å². The fraction of sp³-hybridized carbons (Fsp3) is 0.167. The van der Waals surface area contributed by atoms with Gasteiger partial charge in [0, 0.05) is 30.9 Å². The molecule has 18 heavy (non-hydrogen) atoms. The highest BCUT2D eigenvalue weighted by Gasteiger charge is 2.07. The molecule has 2 rings (SSSR count). The third-order valence-corrected chi connectivity index (χ3v) is 3.12. The van der Waals surface area contributed by atoms with Crippen molar-refractivity contribution in [3.63, 3.8) is 0 Å². The van der Waals surface area contributed by atoms with Gasteiger partial charge in [-0.1, -0.05) is 23.2 Å². The van der Waals surface area contributed by atoms with Crippen LogP contribution in [0.2, 0.25) is 10.0 Å². The molecule has 0 aliphatic carbocycles. The van der Waals surface area contributed by atoms with Crippen LogP contribution in [0, 0.1) is 0 Å². The zero-order valence-electron chi connectivity index (χ0n) is 9.41. The average Bonchev–Trinajstić information content (AvgIpc) is 2.85. The summed E-state index contributed by atoms with van der Waals surface area (Å²) in [5, 5.41) is 3.59. The van der Waals surface area contributed by atoms with Gasteiger partial charge in [0.15, 0.2) is 0 Å². The molecule has 6 heteroatoms. The first kappa shape index (κ1) is 12.9. The quantitative estimate of drug-likeness (QED) is 0.906. The van der Waals surface area contributed by atoms with Crippen LogP contribution in [0.4, 0.5) is 0 Å². The van der Waals surface area contributed by atoms with Crippen LogP contribution in [-0.2, 0) is 6.42 Å². The molecule has 0 aliphatic rings. The summed E-state index contributed by atoms with van der Waals surface area (Å²) < 4.78 is 0. The van der Waals surface area contributed by atoms with E-state index >= 15 is 0 Å². The van der Waals surface area contributed by atoms with Gasteiger partial charge in [0.25, 0.3) is 5.91 Å². The molecule has 94 valence electrons. The molecule has 0 aliphatic heterocycles. The number of imidazole rings is 1. The molecule has 2 aromatic rings. The molecule has 0 spiro atoms. The summed E-state index contributed by atoms with van der Waals surface area (Å²) in [6.45, 7) is 0.507. The van der Waals surface area contributed by atoms with Crippen molar-refractivity contribution in [1.29, 1.82) is 0 Å². The number of aromatic nitrogens is 2. The lowest BCUT2D eigenvalue weighted by molar-refractivity contribution is 0.0954. The van der Waals surface area contributed by atoms with Gasteiger partial charge in [0.05, 0.1) is 10.0 Å². The first-order chi connectivity index (χ1) is 8.66. The molecule has 1 aromatic carbocycles. The van der Waals surface area contributed by atoms with Crippen molar-refractivity contribution in [2.24, 2.45) is 0 Å². The van der Waals surface area contributed by atoms with E-state index in [2.05, 4.69) is 15.3 Å². The third kappa shape index (κ3) is 3.24. The second-order valence-electron chi connectivity index (χ2n) is 3.67. The smallest absolute Gasteiger partial charge is 0.251 e. The summed E-state index contributed by atoms with van der Waals surface area (Å²) in [4.78, 5) is 18.8. The molecular formula is C12H11Cl2N3O. The molecule has 1 amide bonds. The van der Waals surface area contributed by atoms with E-state index in [0.29, 0.717) is 28.6 Å². The largest absolute Gasteiger partial charge is 0.352 e. The number of carbonyl (C=O) groups excluding carboxylic acids is 1. The molecule has 1 heterocycles. The highest BCUT2D eigenvalue weighted by Crippen LogP contribution is 2.22. The first-order valence-corrected chi connectivity index (χ1v) is 6.14. The monoisotopic (exact) mass is 283 g/mol. The number of benzene rings is 1. The minimum absolute atomic E-state index is 0.180. The lowest BCUT2D eigenvalue weighted by Gasteiger charge is -2.05. The van der Waals surface area contributed by atoms with Crippen LogP contribution in [0.25, 0.3) is 0 Å². The van der Waals surface area contributed by atoms with Crippen molar-refractivity contribution in [2.75, 3.05) is 6.54 Å². The van der Waals surface area contributed by atoms with E-state index in [0.717, 1.165) is 5.82 Å². The van der Waals surface area contributed by atoms with Crippen LogP contribution in [0.1, 0.15) is 16.2 Å². The van der Waals surface area contributed by atoms with Gasteiger partial charge in [-0.15, -0.1) is 0 Å². The third-order valence-electron chi connectivity index (χ3n) is 2.38. The van der Waals surface area contributed by atoms with E-state index < -0.39 is 0 Å². The zero-order valence-corrected chi connectivity index (χ0v) is 10.9. The molecular weight excluding hydrogens is 273 g/mol. The van der Waals surface area contributed by atoms with Crippen molar-refractivity contribution < 1.29 is 4.79 Å². The van der Waals surface area contributed by atoms with E-state index in [1.807, 2.05) is 0 Å². The standard InChI is InChI=1S/C12H11Cl2N3O/c13-9-2-1-8(7-10(9)14)12(18)17-4-3-11-15-5-6-16-11/h1-2,5-7H,3-4H2,(H,15,16)(H,17,18). The van der Waals surface area contributed by atoms with E-state index in [1.54, 1.807) is 30.6 Å². The Labute approximate surface area is 114 Å². The fourth-order valence-corrected chi connectivity index (χ4v) is 1.77. The van der Waals surface area contributed by atoms with E-state index in [9.17, 15) is 4.79 Å². The van der Waals surface area contributed by atoms with Gasteiger partial charge in [-0.2, -0.15) is 0 Å². The Balaban J connectivity index is 1.89. The Morgan fingerprint density at radius 2 is 2.17 bits per heavy atom. The van der Waals surface area contributed by atoms with Crippen molar-refractivity contribution >= 4 is 29.1 Å². The number of hydrogen-bond donors (Lipinski definition) is 2. The van der Waals surface area contributed by atoms with Crippen molar-refractivity contribution in [1.82, 2.24) is 15.3 Å². The fourth-order valence-electron chi connectivity index (χ4n) is 1.47. The van der Waals surface area contributed by atoms with Gasteiger partial charge in [0.1, 0.15) is 5.82 Å². The van der Waals surface area contributed by atoms with Gasteiger partial charge in [0.2, 0.25) is 0 Å². The number of rotatable bonds is 4. The Morgan fingerprint density at radius 1 is 1.33 bits per heavy atom. The Kier molecular flexibility index (Phi) is 4.23. The highest BCUT2D eigenvalue weighted by molar-refractivity contribution is 6.42. The Morgan fingerprint density at radius 3 is 2.83 bits per heavy atom. The molecule has 0 unspecified atom stereocenters. The number of nitrogens with zero attached hydrogens (tertiary/aromatic N) is 1. The summed E-state index contributed by atoms with van der Waals surface area (Å²) >= 11 is 11.6. The van der Waals surface area contributed by atoms with Crippen molar-refractivity contribution in [3.05, 3.63) is 52.0 Å². The molecule has 0 saturated heterocycles. The van der Waals surface area contributed by atoms with Gasteiger partial charge in [-0.05, 0) is 18.2 Å². The topological polar surface area (TPSA) is 57.8 Å². The SMILES string of the molecule is O=C(NCCc1ncc[nH]1)c1ccc(Cl)c(Cl)c1. The average molecular weight is 284 g/mol. The number of aromatic amines is 1. The molecule has 1 aromatic heterocycles. The van der Waals surface area contributed by atoms with Gasteiger partial charge >= 0.3 is 0 Å². The number of H-pyrrole nitrogens is 1. The number of carbonyl (C=O) groups is 1. The summed E-state index contributed by atoms with van der Waals surface area (Å²) in [5.74, 6) is 0.657. The van der Waals surface area contributed by atoms with Gasteiger partial charge < -0.3 is 10.3 Å². The summed E-state index contributed by atoms with van der Waals surface area (Å²) in [6, 6.07) is 4.79. The molecule has 0 saturated carbocycles. The molecule has 0 radical (unpaired) electrons. The van der Waals surface area contributed by atoms with Gasteiger partial charge in [-0.25, -0.2) is 4.98 Å². The predicted molar refractivity (Wildman–Crippen MR) is 71.1 cm³/mol. The number of hydrogen-bond acceptors (Lipinski definition) is 2. The van der Waals surface area contributed by atoms with E-state index in [4.69, 9.17) is 23.2 Å². The van der Waals surface area contributed by atoms with Crippen LogP contribution in [0.15, 0.2) is 30.6 Å². The summed E-state index contributed by atoms with van der Waals surface area (Å²) in [7, 11) is 0. The maximum Gasteiger partial charge on any atom is 0.251 e. The maximum atomic E-state index is 11.8. The Hall–Kier alpha value is -1.52. The van der Waals surface area contributed by atoms with Crippen LogP contribution >= 0.6 is 23.2 Å². The van der Waals surface area contributed by atoms with Crippen molar-refractivity contribution in [3.8, 4) is 0 Å². The van der Waals surface area contributed by atoms with Gasteiger partial charge in [-0.3, -0.25) is 4.79 Å². The molecule has 2 N–H and O–H groups in total. The van der Waals surface area contributed by atoms with Crippen LogP contribution in [-0.4, -0.2) is 22.4 Å². The predicted octanol–water partition coefficient (Wildman–Crippen LogP) is 2.69. The van der Waals surface area contributed by atoms with Crippen molar-refractivity contribution in [2.45, 2.75) is 6.42 Å². The lowest BCUT2D eigenvalue weighted by atomic mass is 10.2. The molecule has 4 nitrogen and oxygen atoms in total. The first-order valence-electron chi connectivity index (χ1n) is 5.38. The second-order valence-corrected chi connectivity index (χ2v) is 4.49. The van der Waals surface area contributed by atoms with Crippen LogP contribution in [0.5, 0.6) is 0 Å². The highest BCUT2D eigenvalue weighted by atomic mass is 35.5. The maximum absolute atomic E-state index is 11.8. The minimum atomic E-state index is -0.180. The Bertz CT molecular complexity index is 540. The molecule has 0 fully saturated rings. The van der Waals surface area contributed by atoms with Crippen LogP contribution in [0.3, 0.4) is 0 Å². The zero-order chi connectivity index (χ0) is 13.0. The van der Waals surface area contributed by atoms with E-state index in [-0.39, 0.29) is 5.91 Å². The summed E-state index contributed by atoms with van der Waals surface area (Å²) in [5.41, 5.74) is 0.490. The number of halogens is 2. The summed E-state index contributed by atoms with van der Waals surface area (Å²) in [6.07, 6.45) is 4.08. The van der Waals surface area contributed by atoms with E-state index in [1.165, 1.54) is 0 Å². The molecule has 0 atom stereocenters. The normalized spacial score (nSPS) is 10.3. The minimum Gasteiger partial charge on any atom is -0.352 e.